The summed E-state index contributed by atoms with van der Waals surface area (Å²) in [5, 5.41) is 17.0. The predicted octanol–water partition coefficient (Wildman–Crippen LogP) is 1.48. The zero-order valence-electron chi connectivity index (χ0n) is 10.2. The Labute approximate surface area is 112 Å². The van der Waals surface area contributed by atoms with Crippen molar-refractivity contribution in [3.8, 4) is 5.69 Å². The second-order valence-corrected chi connectivity index (χ2v) is 4.18. The van der Waals surface area contributed by atoms with Gasteiger partial charge in [0.2, 0.25) is 0 Å². The van der Waals surface area contributed by atoms with Crippen molar-refractivity contribution < 1.29 is 9.90 Å². The number of hydrogen-bond acceptors (Lipinski definition) is 4. The summed E-state index contributed by atoms with van der Waals surface area (Å²) in [7, 11) is 0. The van der Waals surface area contributed by atoms with Crippen molar-refractivity contribution in [3.05, 3.63) is 64.4 Å². The van der Waals surface area contributed by atoms with Crippen LogP contribution in [0.2, 0.25) is 0 Å². The quantitative estimate of drug-likeness (QED) is 0.760. The van der Waals surface area contributed by atoms with Gasteiger partial charge in [-0.25, -0.2) is 4.79 Å². The van der Waals surface area contributed by atoms with E-state index in [9.17, 15) is 9.59 Å². The molecule has 0 aliphatic carbocycles. The second kappa shape index (κ2) is 4.58. The summed E-state index contributed by atoms with van der Waals surface area (Å²) in [5.74, 6) is -1.07. The van der Waals surface area contributed by atoms with E-state index in [0.717, 1.165) is 0 Å². The SMILES string of the molecule is O=C(O)c1ccc2c(=O)n(-c3ccccc3)nnc2c1. The zero-order valence-corrected chi connectivity index (χ0v) is 10.2. The van der Waals surface area contributed by atoms with Gasteiger partial charge < -0.3 is 5.11 Å². The normalized spacial score (nSPS) is 10.6. The highest BCUT2D eigenvalue weighted by molar-refractivity contribution is 5.92. The van der Waals surface area contributed by atoms with E-state index in [1.807, 2.05) is 6.07 Å². The Morgan fingerprint density at radius 2 is 1.85 bits per heavy atom. The summed E-state index contributed by atoms with van der Waals surface area (Å²) in [6.45, 7) is 0. The van der Waals surface area contributed by atoms with Gasteiger partial charge in [-0.2, -0.15) is 4.68 Å². The van der Waals surface area contributed by atoms with E-state index in [-0.39, 0.29) is 16.6 Å². The van der Waals surface area contributed by atoms with Crippen molar-refractivity contribution >= 4 is 16.9 Å². The minimum atomic E-state index is -1.07. The van der Waals surface area contributed by atoms with Crippen LogP contribution in [0.15, 0.2) is 53.3 Å². The molecule has 0 spiro atoms. The Balaban J connectivity index is 2.25. The Hall–Kier alpha value is -3.02. The van der Waals surface area contributed by atoms with E-state index in [4.69, 9.17) is 5.11 Å². The van der Waals surface area contributed by atoms with Gasteiger partial charge in [-0.1, -0.05) is 23.4 Å². The van der Waals surface area contributed by atoms with Crippen molar-refractivity contribution in [1.29, 1.82) is 0 Å². The molecule has 0 unspecified atom stereocenters. The fourth-order valence-electron chi connectivity index (χ4n) is 1.91. The third-order valence-corrected chi connectivity index (χ3v) is 2.91. The zero-order chi connectivity index (χ0) is 14.1. The third-order valence-electron chi connectivity index (χ3n) is 2.91. The maximum Gasteiger partial charge on any atom is 0.335 e. The molecule has 0 radical (unpaired) electrons. The largest absolute Gasteiger partial charge is 0.478 e. The molecule has 98 valence electrons. The molecule has 0 bridgehead atoms. The number of carboxylic acids is 1. The molecule has 1 heterocycles. The third kappa shape index (κ3) is 1.93. The van der Waals surface area contributed by atoms with Crippen LogP contribution < -0.4 is 5.56 Å². The molecule has 0 fully saturated rings. The molecule has 0 atom stereocenters. The number of carbonyl (C=O) groups is 1. The molecule has 1 N–H and O–H groups in total. The summed E-state index contributed by atoms with van der Waals surface area (Å²) < 4.78 is 1.18. The molecule has 0 saturated heterocycles. The number of nitrogens with zero attached hydrogens (tertiary/aromatic N) is 3. The Bertz CT molecular complexity index is 856. The number of hydrogen-bond donors (Lipinski definition) is 1. The number of benzene rings is 2. The van der Waals surface area contributed by atoms with Gasteiger partial charge in [-0.05, 0) is 30.3 Å². The molecule has 6 nitrogen and oxygen atoms in total. The summed E-state index contributed by atoms with van der Waals surface area (Å²) in [4.78, 5) is 23.2. The fraction of sp³-hybridized carbons (Fsp3) is 0. The molecule has 2 aromatic carbocycles. The molecule has 1 aromatic heterocycles. The number of para-hydroxylation sites is 1. The monoisotopic (exact) mass is 267 g/mol. The molecule has 3 rings (SSSR count). The highest BCUT2D eigenvalue weighted by Crippen LogP contribution is 2.10. The highest BCUT2D eigenvalue weighted by atomic mass is 16.4. The highest BCUT2D eigenvalue weighted by Gasteiger charge is 2.10. The lowest BCUT2D eigenvalue weighted by Crippen LogP contribution is -2.22. The van der Waals surface area contributed by atoms with Gasteiger partial charge in [0.15, 0.2) is 0 Å². The minimum Gasteiger partial charge on any atom is -0.478 e. The van der Waals surface area contributed by atoms with E-state index < -0.39 is 5.97 Å². The minimum absolute atomic E-state index is 0.0728. The lowest BCUT2D eigenvalue weighted by atomic mass is 10.1. The van der Waals surface area contributed by atoms with Crippen LogP contribution in [0.4, 0.5) is 0 Å². The van der Waals surface area contributed by atoms with Crippen LogP contribution in [0.3, 0.4) is 0 Å². The molecule has 3 aromatic rings. The summed E-state index contributed by atoms with van der Waals surface area (Å²) in [5.41, 5.74) is 0.609. The van der Waals surface area contributed by atoms with Gasteiger partial charge in [0.1, 0.15) is 5.52 Å². The molecule has 0 aliphatic heterocycles. The smallest absolute Gasteiger partial charge is 0.335 e. The standard InChI is InChI=1S/C14H9N3O3/c18-13-11-7-6-9(14(19)20)8-12(11)15-16-17(13)10-4-2-1-3-5-10/h1-8H,(H,19,20). The Morgan fingerprint density at radius 3 is 2.55 bits per heavy atom. The van der Waals surface area contributed by atoms with Crippen molar-refractivity contribution in [3.63, 3.8) is 0 Å². The average molecular weight is 267 g/mol. The number of carboxylic acid groups (broad SMARTS) is 1. The predicted molar refractivity (Wildman–Crippen MR) is 72.1 cm³/mol. The maximum absolute atomic E-state index is 12.3. The van der Waals surface area contributed by atoms with E-state index in [2.05, 4.69) is 10.3 Å². The van der Waals surface area contributed by atoms with Crippen LogP contribution in [-0.4, -0.2) is 26.1 Å². The van der Waals surface area contributed by atoms with Gasteiger partial charge in [-0.3, -0.25) is 4.79 Å². The molecule has 0 amide bonds. The molecule has 20 heavy (non-hydrogen) atoms. The van der Waals surface area contributed by atoms with Crippen molar-refractivity contribution in [1.82, 2.24) is 15.0 Å². The van der Waals surface area contributed by atoms with E-state index in [1.54, 1.807) is 24.3 Å². The van der Waals surface area contributed by atoms with Crippen LogP contribution in [0.25, 0.3) is 16.6 Å². The topological polar surface area (TPSA) is 85.1 Å². The molecule has 0 aliphatic rings. The van der Waals surface area contributed by atoms with Crippen molar-refractivity contribution in [2.45, 2.75) is 0 Å². The molecular weight excluding hydrogens is 258 g/mol. The maximum atomic E-state index is 12.3. The van der Waals surface area contributed by atoms with Crippen LogP contribution in [0, 0.1) is 0 Å². The number of aromatic carboxylic acids is 1. The van der Waals surface area contributed by atoms with Gasteiger partial charge in [0, 0.05) is 0 Å². The lowest BCUT2D eigenvalue weighted by molar-refractivity contribution is 0.0697. The van der Waals surface area contributed by atoms with Crippen LogP contribution in [0.1, 0.15) is 10.4 Å². The first-order chi connectivity index (χ1) is 9.66. The number of fused-ring (bicyclic) bond motifs is 1. The van der Waals surface area contributed by atoms with E-state index in [0.29, 0.717) is 11.1 Å². The first-order valence-electron chi connectivity index (χ1n) is 5.85. The van der Waals surface area contributed by atoms with Gasteiger partial charge in [0.05, 0.1) is 16.6 Å². The number of aromatic nitrogens is 3. The van der Waals surface area contributed by atoms with Crippen molar-refractivity contribution in [2.24, 2.45) is 0 Å². The van der Waals surface area contributed by atoms with E-state index in [1.165, 1.54) is 22.9 Å². The fourth-order valence-corrected chi connectivity index (χ4v) is 1.91. The second-order valence-electron chi connectivity index (χ2n) is 4.18. The molecular formula is C14H9N3O3. The van der Waals surface area contributed by atoms with Gasteiger partial charge in [0.25, 0.3) is 5.56 Å². The van der Waals surface area contributed by atoms with Crippen LogP contribution in [-0.2, 0) is 0 Å². The summed E-state index contributed by atoms with van der Waals surface area (Å²) in [6, 6.07) is 13.1. The number of rotatable bonds is 2. The Kier molecular flexibility index (Phi) is 2.76. The van der Waals surface area contributed by atoms with Crippen molar-refractivity contribution in [2.75, 3.05) is 0 Å². The summed E-state index contributed by atoms with van der Waals surface area (Å²) in [6.07, 6.45) is 0. The van der Waals surface area contributed by atoms with Crippen LogP contribution in [0.5, 0.6) is 0 Å². The molecule has 6 heteroatoms. The van der Waals surface area contributed by atoms with Gasteiger partial charge in [-0.15, -0.1) is 5.10 Å². The Morgan fingerprint density at radius 1 is 1.10 bits per heavy atom. The van der Waals surface area contributed by atoms with E-state index >= 15 is 0 Å². The lowest BCUT2D eigenvalue weighted by Gasteiger charge is -2.04. The summed E-state index contributed by atoms with van der Waals surface area (Å²) >= 11 is 0. The van der Waals surface area contributed by atoms with Gasteiger partial charge >= 0.3 is 5.97 Å². The first-order valence-corrected chi connectivity index (χ1v) is 5.85. The van der Waals surface area contributed by atoms with Crippen LogP contribution >= 0.6 is 0 Å². The average Bonchev–Trinajstić information content (AvgIpc) is 2.48. The first kappa shape index (κ1) is 12.0. The molecule has 0 saturated carbocycles.